The fourth-order valence-electron chi connectivity index (χ4n) is 4.88. The number of pyridine rings is 1. The minimum Gasteiger partial charge on any atom is -0.220 e. The molecule has 0 saturated carbocycles. The van der Waals surface area contributed by atoms with E-state index in [0.717, 1.165) is 0 Å². The number of imidazole rings is 1. The van der Waals surface area contributed by atoms with Crippen molar-refractivity contribution in [3.05, 3.63) is 72.1 Å². The number of allylic oxidation sites excluding steroid dienone is 1. The molecule has 0 aliphatic carbocycles. The lowest BCUT2D eigenvalue weighted by Crippen LogP contribution is -2.64. The maximum Gasteiger partial charge on any atom is 0.295 e. The summed E-state index contributed by atoms with van der Waals surface area (Å²) in [6, 6.07) is 11.5. The van der Waals surface area contributed by atoms with Gasteiger partial charge in [-0.05, 0) is 55.7 Å². The van der Waals surface area contributed by atoms with Gasteiger partial charge >= 0.3 is 0 Å². The molecular formula is C24H25N2+. The summed E-state index contributed by atoms with van der Waals surface area (Å²) < 4.78 is 4.79. The first kappa shape index (κ1) is 15.6. The van der Waals surface area contributed by atoms with Gasteiger partial charge in [0.15, 0.2) is 0 Å². The maximum absolute atomic E-state index is 4.21. The Morgan fingerprint density at radius 2 is 1.77 bits per heavy atom. The molecule has 2 aromatic carbocycles. The second-order valence-electron chi connectivity index (χ2n) is 8.52. The van der Waals surface area contributed by atoms with Crippen LogP contribution in [0, 0.1) is 13.8 Å². The molecule has 130 valence electrons. The molecule has 0 fully saturated rings. The molecule has 26 heavy (non-hydrogen) atoms. The number of aryl methyl sites for hydroxylation is 2. The van der Waals surface area contributed by atoms with E-state index >= 15 is 0 Å². The molecule has 0 bridgehead atoms. The molecule has 4 aromatic rings. The molecule has 0 spiro atoms. The topological polar surface area (TPSA) is 8.29 Å². The Hall–Kier alpha value is -2.61. The summed E-state index contributed by atoms with van der Waals surface area (Å²) in [5, 5.41) is 4.05. The number of fused-ring (bicyclic) bond motifs is 3. The van der Waals surface area contributed by atoms with Crippen molar-refractivity contribution in [3.63, 3.8) is 0 Å². The van der Waals surface area contributed by atoms with Crippen LogP contribution in [0.25, 0.3) is 27.3 Å². The zero-order chi connectivity index (χ0) is 18.4. The molecular weight excluding hydrogens is 316 g/mol. The minimum absolute atomic E-state index is 0.0544. The molecule has 1 aliphatic heterocycles. The van der Waals surface area contributed by atoms with Crippen LogP contribution in [-0.2, 0) is 11.0 Å². The molecule has 1 unspecified atom stereocenters. The van der Waals surface area contributed by atoms with Gasteiger partial charge in [-0.3, -0.25) is 0 Å². The van der Waals surface area contributed by atoms with E-state index in [4.69, 9.17) is 0 Å². The monoisotopic (exact) mass is 341 g/mol. The summed E-state index contributed by atoms with van der Waals surface area (Å²) in [7, 11) is 0. The third kappa shape index (κ3) is 1.52. The normalized spacial score (nSPS) is 21.1. The highest BCUT2D eigenvalue weighted by molar-refractivity contribution is 6.13. The van der Waals surface area contributed by atoms with E-state index in [9.17, 15) is 0 Å². The SMILES string of the molecule is C=CC1(C)[n+]2ccn3c4cc(C)c(C)cc4c4cccc(c4c32)C1(C)C. The predicted molar refractivity (Wildman–Crippen MR) is 109 cm³/mol. The summed E-state index contributed by atoms with van der Waals surface area (Å²) >= 11 is 0. The van der Waals surface area contributed by atoms with Crippen LogP contribution in [0.2, 0.25) is 0 Å². The molecule has 2 heteroatoms. The van der Waals surface area contributed by atoms with Crippen LogP contribution < -0.4 is 4.57 Å². The average molecular weight is 341 g/mol. The summed E-state index contributed by atoms with van der Waals surface area (Å²) in [5.74, 6) is 0. The fourth-order valence-corrected chi connectivity index (χ4v) is 4.88. The summed E-state index contributed by atoms with van der Waals surface area (Å²) in [6.45, 7) is 15.6. The molecule has 0 saturated heterocycles. The van der Waals surface area contributed by atoms with Gasteiger partial charge in [0, 0.05) is 16.2 Å². The van der Waals surface area contributed by atoms with Gasteiger partial charge in [-0.25, -0.2) is 4.57 Å². The molecule has 1 atom stereocenters. The second kappa shape index (κ2) is 4.56. The molecule has 2 nitrogen and oxygen atoms in total. The van der Waals surface area contributed by atoms with Crippen molar-refractivity contribution in [2.24, 2.45) is 0 Å². The smallest absolute Gasteiger partial charge is 0.220 e. The van der Waals surface area contributed by atoms with Gasteiger partial charge < -0.3 is 0 Å². The summed E-state index contributed by atoms with van der Waals surface area (Å²) in [6.07, 6.45) is 6.55. The van der Waals surface area contributed by atoms with Crippen LogP contribution in [0.1, 0.15) is 37.5 Å². The molecule has 0 N–H and O–H groups in total. The van der Waals surface area contributed by atoms with Crippen LogP contribution in [0.4, 0.5) is 0 Å². The quantitative estimate of drug-likeness (QED) is 0.251. The van der Waals surface area contributed by atoms with Gasteiger partial charge in [-0.15, -0.1) is 0 Å². The summed E-state index contributed by atoms with van der Waals surface area (Å²) in [4.78, 5) is 0. The average Bonchev–Trinajstić information content (AvgIpc) is 3.07. The van der Waals surface area contributed by atoms with Crippen molar-refractivity contribution in [2.75, 3.05) is 0 Å². The number of benzene rings is 2. The van der Waals surface area contributed by atoms with Crippen LogP contribution >= 0.6 is 0 Å². The summed E-state index contributed by atoms with van der Waals surface area (Å²) in [5.41, 5.74) is 6.39. The Balaban J connectivity index is 2.18. The van der Waals surface area contributed by atoms with Crippen molar-refractivity contribution >= 4 is 27.3 Å². The Labute approximate surface area is 154 Å². The Morgan fingerprint density at radius 3 is 2.50 bits per heavy atom. The van der Waals surface area contributed by atoms with Gasteiger partial charge in [-0.1, -0.05) is 38.6 Å². The molecule has 0 radical (unpaired) electrons. The second-order valence-corrected chi connectivity index (χ2v) is 8.52. The molecule has 3 heterocycles. The van der Waals surface area contributed by atoms with Crippen molar-refractivity contribution in [1.29, 1.82) is 0 Å². The number of rotatable bonds is 1. The van der Waals surface area contributed by atoms with Gasteiger partial charge in [-0.2, -0.15) is 4.40 Å². The van der Waals surface area contributed by atoms with Crippen LogP contribution in [-0.4, -0.2) is 4.40 Å². The van der Waals surface area contributed by atoms with E-state index in [1.165, 1.54) is 44.0 Å². The van der Waals surface area contributed by atoms with E-state index in [-0.39, 0.29) is 11.0 Å². The molecule has 5 rings (SSSR count). The molecule has 1 aliphatic rings. The number of hydrogen-bond donors (Lipinski definition) is 0. The fraction of sp³-hybridized carbons (Fsp3) is 0.292. The minimum atomic E-state index is -0.184. The zero-order valence-electron chi connectivity index (χ0n) is 16.2. The van der Waals surface area contributed by atoms with E-state index < -0.39 is 0 Å². The van der Waals surface area contributed by atoms with E-state index in [1.54, 1.807) is 0 Å². The van der Waals surface area contributed by atoms with Crippen molar-refractivity contribution in [1.82, 2.24) is 4.40 Å². The van der Waals surface area contributed by atoms with Gasteiger partial charge in [0.05, 0.1) is 5.39 Å². The largest absolute Gasteiger partial charge is 0.295 e. The maximum atomic E-state index is 4.21. The van der Waals surface area contributed by atoms with Gasteiger partial charge in [0.2, 0.25) is 0 Å². The molecule has 0 amide bonds. The first-order valence-electron chi connectivity index (χ1n) is 9.34. The first-order valence-corrected chi connectivity index (χ1v) is 9.34. The Morgan fingerprint density at radius 1 is 1.04 bits per heavy atom. The Bertz CT molecular complexity index is 1260. The number of aromatic nitrogens is 2. The van der Waals surface area contributed by atoms with E-state index in [1.807, 2.05) is 0 Å². The van der Waals surface area contributed by atoms with Crippen molar-refractivity contribution in [2.45, 2.75) is 45.6 Å². The van der Waals surface area contributed by atoms with E-state index in [2.05, 4.69) is 99.0 Å². The van der Waals surface area contributed by atoms with Crippen LogP contribution in [0.3, 0.4) is 0 Å². The number of nitrogens with zero attached hydrogens (tertiary/aromatic N) is 2. The van der Waals surface area contributed by atoms with Crippen LogP contribution in [0.5, 0.6) is 0 Å². The van der Waals surface area contributed by atoms with Gasteiger partial charge in [0.1, 0.15) is 23.4 Å². The third-order valence-corrected chi connectivity index (χ3v) is 7.11. The van der Waals surface area contributed by atoms with Crippen molar-refractivity contribution in [3.8, 4) is 0 Å². The predicted octanol–water partition coefficient (Wildman–Crippen LogP) is 5.34. The third-order valence-electron chi connectivity index (χ3n) is 7.11. The van der Waals surface area contributed by atoms with Crippen LogP contribution in [0.15, 0.2) is 55.4 Å². The highest BCUT2D eigenvalue weighted by Crippen LogP contribution is 2.47. The Kier molecular flexibility index (Phi) is 2.74. The zero-order valence-corrected chi connectivity index (χ0v) is 16.2. The van der Waals surface area contributed by atoms with Gasteiger partial charge in [0.25, 0.3) is 5.65 Å². The van der Waals surface area contributed by atoms with Crippen molar-refractivity contribution < 1.29 is 4.57 Å². The molecule has 2 aromatic heterocycles. The number of hydrogen-bond acceptors (Lipinski definition) is 0. The highest BCUT2D eigenvalue weighted by Gasteiger charge is 2.51. The first-order chi connectivity index (χ1) is 12.3. The van der Waals surface area contributed by atoms with E-state index in [0.29, 0.717) is 0 Å². The highest BCUT2D eigenvalue weighted by atomic mass is 15.2. The lowest BCUT2D eigenvalue weighted by Gasteiger charge is -2.43. The lowest BCUT2D eigenvalue weighted by atomic mass is 9.65. The lowest BCUT2D eigenvalue weighted by molar-refractivity contribution is -0.735. The standard InChI is InChI=1S/C24H25N2/c1-7-24(6)23(4,5)19-10-8-9-17-18-13-15(2)16(3)14-20(18)25-11-12-26(24)22(25)21(17)19/h7-14H,1H2,2-6H3/q+1.